The summed E-state index contributed by atoms with van der Waals surface area (Å²) in [4.78, 5) is 37.2. The Morgan fingerprint density at radius 1 is 1.06 bits per heavy atom. The number of hydrogen-bond acceptors (Lipinski definition) is 6. The number of H-pyrrole nitrogens is 1. The quantitative estimate of drug-likeness (QED) is 0.415. The van der Waals surface area contributed by atoms with Crippen molar-refractivity contribution in [3.63, 3.8) is 0 Å². The van der Waals surface area contributed by atoms with Crippen LogP contribution in [0.25, 0.3) is 0 Å². The van der Waals surface area contributed by atoms with Crippen LogP contribution in [-0.4, -0.2) is 28.7 Å². The molecular formula is C22H21FN2O6. The lowest BCUT2D eigenvalue weighted by molar-refractivity contribution is -0.142. The van der Waals surface area contributed by atoms with E-state index in [9.17, 15) is 18.8 Å². The molecule has 0 fully saturated rings. The summed E-state index contributed by atoms with van der Waals surface area (Å²) >= 11 is 0. The molecule has 0 spiro atoms. The van der Waals surface area contributed by atoms with Crippen molar-refractivity contribution in [2.24, 2.45) is 0 Å². The van der Waals surface area contributed by atoms with Crippen molar-refractivity contribution in [3.05, 3.63) is 92.5 Å². The summed E-state index contributed by atoms with van der Waals surface area (Å²) < 4.78 is 30.3. The van der Waals surface area contributed by atoms with Gasteiger partial charge in [0.15, 0.2) is 0 Å². The van der Waals surface area contributed by atoms with Crippen molar-refractivity contribution in [3.8, 4) is 11.5 Å². The van der Waals surface area contributed by atoms with Crippen molar-refractivity contribution in [1.82, 2.24) is 9.55 Å². The van der Waals surface area contributed by atoms with Crippen LogP contribution in [0.15, 0.2) is 64.3 Å². The lowest BCUT2D eigenvalue weighted by atomic mass is 10.1. The first-order valence-electron chi connectivity index (χ1n) is 9.47. The number of halogens is 1. The molecule has 8 nitrogen and oxygen atoms in total. The molecule has 1 heterocycles. The number of benzene rings is 2. The minimum absolute atomic E-state index is 0.0679. The highest BCUT2D eigenvalue weighted by molar-refractivity contribution is 5.65. The number of carbonyl (C=O) groups is 1. The Morgan fingerprint density at radius 3 is 2.55 bits per heavy atom. The Labute approximate surface area is 176 Å². The lowest BCUT2D eigenvalue weighted by Gasteiger charge is -2.10. The van der Waals surface area contributed by atoms with E-state index >= 15 is 0 Å². The molecule has 0 aliphatic heterocycles. The molecule has 0 unspecified atom stereocenters. The zero-order valence-electron chi connectivity index (χ0n) is 16.8. The Balaban J connectivity index is 1.69. The van der Waals surface area contributed by atoms with Crippen molar-refractivity contribution in [2.45, 2.75) is 20.1 Å². The molecule has 0 amide bonds. The first-order valence-corrected chi connectivity index (χ1v) is 9.47. The van der Waals surface area contributed by atoms with Gasteiger partial charge in [-0.1, -0.05) is 18.2 Å². The second-order valence-electron chi connectivity index (χ2n) is 6.64. The molecule has 3 aromatic rings. The van der Waals surface area contributed by atoms with E-state index in [1.165, 1.54) is 29.8 Å². The van der Waals surface area contributed by atoms with Gasteiger partial charge in [0.05, 0.1) is 6.61 Å². The minimum Gasteiger partial charge on any atom is -0.463 e. The molecule has 0 radical (unpaired) electrons. The van der Waals surface area contributed by atoms with Gasteiger partial charge in [-0.25, -0.2) is 9.18 Å². The summed E-state index contributed by atoms with van der Waals surface area (Å²) in [5.41, 5.74) is 0.00788. The van der Waals surface area contributed by atoms with Gasteiger partial charge in [0.2, 0.25) is 0 Å². The summed E-state index contributed by atoms with van der Waals surface area (Å²) in [6.45, 7) is 1.36. The van der Waals surface area contributed by atoms with E-state index in [4.69, 9.17) is 14.2 Å². The topological polar surface area (TPSA) is 99.6 Å². The molecule has 0 saturated carbocycles. The van der Waals surface area contributed by atoms with Crippen LogP contribution in [0.5, 0.6) is 11.5 Å². The Kier molecular flexibility index (Phi) is 7.34. The lowest BCUT2D eigenvalue weighted by Crippen LogP contribution is -2.32. The van der Waals surface area contributed by atoms with E-state index in [2.05, 4.69) is 4.98 Å². The number of esters is 1. The molecule has 9 heteroatoms. The van der Waals surface area contributed by atoms with E-state index in [0.29, 0.717) is 17.1 Å². The third kappa shape index (κ3) is 6.65. The van der Waals surface area contributed by atoms with E-state index < -0.39 is 23.0 Å². The van der Waals surface area contributed by atoms with Crippen LogP contribution in [0.1, 0.15) is 18.1 Å². The Bertz CT molecular complexity index is 1170. The summed E-state index contributed by atoms with van der Waals surface area (Å²) in [5.74, 6) is 0.0179. The number of aromatic amines is 1. The molecule has 0 saturated heterocycles. The number of hydrogen-bond donors (Lipinski definition) is 1. The largest absolute Gasteiger partial charge is 0.463 e. The maximum absolute atomic E-state index is 13.3. The molecule has 0 aliphatic carbocycles. The van der Waals surface area contributed by atoms with Crippen molar-refractivity contribution >= 4 is 5.97 Å². The van der Waals surface area contributed by atoms with E-state index in [0.717, 1.165) is 5.56 Å². The fourth-order valence-electron chi connectivity index (χ4n) is 2.79. The van der Waals surface area contributed by atoms with Gasteiger partial charge >= 0.3 is 11.7 Å². The summed E-state index contributed by atoms with van der Waals surface area (Å²) in [6, 6.07) is 12.8. The average molecular weight is 428 g/mol. The van der Waals surface area contributed by atoms with Crippen molar-refractivity contribution in [1.29, 1.82) is 0 Å². The van der Waals surface area contributed by atoms with Gasteiger partial charge in [0.1, 0.15) is 30.7 Å². The molecule has 162 valence electrons. The van der Waals surface area contributed by atoms with Crippen molar-refractivity contribution in [2.75, 3.05) is 13.2 Å². The second-order valence-corrected chi connectivity index (χ2v) is 6.64. The minimum atomic E-state index is -0.607. The molecule has 0 aliphatic rings. The summed E-state index contributed by atoms with van der Waals surface area (Å²) in [7, 11) is 0. The van der Waals surface area contributed by atoms with Gasteiger partial charge < -0.3 is 14.2 Å². The molecular weight excluding hydrogens is 407 g/mol. The molecule has 3 rings (SSSR count). The first kappa shape index (κ1) is 22.0. The van der Waals surface area contributed by atoms with Gasteiger partial charge in [-0.3, -0.25) is 19.1 Å². The summed E-state index contributed by atoms with van der Waals surface area (Å²) in [6.07, 6.45) is 1.66. The van der Waals surface area contributed by atoms with Gasteiger partial charge in [-0.2, -0.15) is 0 Å². The molecule has 1 N–H and O–H groups in total. The maximum atomic E-state index is 13.3. The second kappa shape index (κ2) is 10.4. The Morgan fingerprint density at radius 2 is 1.81 bits per heavy atom. The van der Waals surface area contributed by atoms with E-state index in [1.807, 2.05) is 6.07 Å². The maximum Gasteiger partial charge on any atom is 0.330 e. The normalized spacial score (nSPS) is 10.6. The smallest absolute Gasteiger partial charge is 0.330 e. The third-order valence-corrected chi connectivity index (χ3v) is 4.17. The molecule has 0 bridgehead atoms. The number of carbonyl (C=O) groups excluding carboxylic acids is 1. The Hall–Kier alpha value is -3.72. The zero-order valence-corrected chi connectivity index (χ0v) is 16.8. The van der Waals surface area contributed by atoms with E-state index in [1.54, 1.807) is 30.3 Å². The molecule has 1 aromatic heterocycles. The number of nitrogens with one attached hydrogen (secondary N) is 1. The average Bonchev–Trinajstić information content (AvgIpc) is 2.71. The molecule has 0 atom stereocenters. The van der Waals surface area contributed by atoms with Crippen molar-refractivity contribution < 1.29 is 23.4 Å². The van der Waals surface area contributed by atoms with Crippen LogP contribution in [0.3, 0.4) is 0 Å². The fraction of sp³-hybridized carbons (Fsp3) is 0.227. The van der Waals surface area contributed by atoms with Crippen LogP contribution in [0, 0.1) is 5.82 Å². The standard InChI is InChI=1S/C22H21FN2O6/c1-15(26)30-9-8-29-14-25-13-17(21(27)24-22(25)28)10-16-4-2-6-19(11-16)31-20-7-3-5-18(23)12-20/h2-7,11-13H,8-10,14H2,1H3,(H,24,27,28). The predicted molar refractivity (Wildman–Crippen MR) is 110 cm³/mol. The van der Waals surface area contributed by atoms with Crippen LogP contribution < -0.4 is 16.0 Å². The van der Waals surface area contributed by atoms with Gasteiger partial charge in [-0.05, 0) is 29.8 Å². The monoisotopic (exact) mass is 428 g/mol. The SMILES string of the molecule is CC(=O)OCCOCn1cc(Cc2cccc(Oc3cccc(F)c3)c2)c(=O)[nH]c1=O. The summed E-state index contributed by atoms with van der Waals surface area (Å²) in [5, 5.41) is 0. The number of aromatic nitrogens is 2. The first-order chi connectivity index (χ1) is 14.9. The van der Waals surface area contributed by atoms with Crippen LogP contribution in [0.2, 0.25) is 0 Å². The highest BCUT2D eigenvalue weighted by Gasteiger charge is 2.08. The highest BCUT2D eigenvalue weighted by Crippen LogP contribution is 2.23. The third-order valence-electron chi connectivity index (χ3n) is 4.17. The van der Waals surface area contributed by atoms with Crippen LogP contribution in [-0.2, 0) is 27.4 Å². The number of nitrogens with zero attached hydrogens (tertiary/aromatic N) is 1. The number of rotatable bonds is 9. The number of ether oxygens (including phenoxy) is 3. The zero-order chi connectivity index (χ0) is 22.2. The van der Waals surface area contributed by atoms with Gasteiger partial charge in [0.25, 0.3) is 5.56 Å². The fourth-order valence-corrected chi connectivity index (χ4v) is 2.79. The molecule has 2 aromatic carbocycles. The highest BCUT2D eigenvalue weighted by atomic mass is 19.1. The van der Waals surface area contributed by atoms with Crippen LogP contribution in [0.4, 0.5) is 4.39 Å². The predicted octanol–water partition coefficient (Wildman–Crippen LogP) is 2.60. The van der Waals surface area contributed by atoms with Gasteiger partial charge in [0, 0.05) is 31.2 Å². The van der Waals surface area contributed by atoms with E-state index in [-0.39, 0.29) is 26.4 Å². The van der Waals surface area contributed by atoms with Crippen LogP contribution >= 0.6 is 0 Å². The molecule has 31 heavy (non-hydrogen) atoms. The van der Waals surface area contributed by atoms with Gasteiger partial charge in [-0.15, -0.1) is 0 Å².